The molecule has 1 aliphatic rings. The molecule has 1 aromatic rings. The highest BCUT2D eigenvalue weighted by Gasteiger charge is 2.48. The van der Waals surface area contributed by atoms with E-state index in [2.05, 4.69) is 21.3 Å². The second-order valence-electron chi connectivity index (χ2n) is 16.2. The molecular formula is C37H58N6O8. The molecule has 51 heavy (non-hydrogen) atoms. The van der Waals surface area contributed by atoms with Crippen LogP contribution >= 0.6 is 0 Å². The fraction of sp³-hybridized carbons (Fsp3) is 0.649. The van der Waals surface area contributed by atoms with Gasteiger partial charge in [0.15, 0.2) is 0 Å². The smallest absolute Gasteiger partial charge is 0.408 e. The Bertz CT molecular complexity index is 1430. The highest BCUT2D eigenvalue weighted by atomic mass is 16.6. The summed E-state index contributed by atoms with van der Waals surface area (Å²) >= 11 is 0. The van der Waals surface area contributed by atoms with E-state index in [1.807, 2.05) is 20.8 Å². The fourth-order valence-corrected chi connectivity index (χ4v) is 5.73. The van der Waals surface area contributed by atoms with E-state index in [1.54, 1.807) is 86.0 Å². The van der Waals surface area contributed by atoms with Crippen LogP contribution in [0.25, 0.3) is 0 Å². The minimum atomic E-state index is -1.22. The SMILES string of the molecule is CCCCC(NC(=O)C1CC(C)(C)CN1C(=O)C(NC(=O)OC(C)(C)C)C(C)(C)C)C(=O)C(=O)NCC(=O)NC(C(=O)N(C)C)c1ccccc1. The van der Waals surface area contributed by atoms with Gasteiger partial charge < -0.3 is 35.8 Å². The number of nitrogens with zero attached hydrogens (tertiary/aromatic N) is 2. The number of ether oxygens (including phenoxy) is 1. The maximum absolute atomic E-state index is 14.1. The predicted octanol–water partition coefficient (Wildman–Crippen LogP) is 2.86. The van der Waals surface area contributed by atoms with E-state index in [4.69, 9.17) is 4.74 Å². The van der Waals surface area contributed by atoms with Crippen LogP contribution in [0.5, 0.6) is 0 Å². The van der Waals surface area contributed by atoms with Crippen LogP contribution in [-0.2, 0) is 33.5 Å². The van der Waals surface area contributed by atoms with Crippen molar-refractivity contribution in [1.29, 1.82) is 0 Å². The third-order valence-electron chi connectivity index (χ3n) is 8.32. The number of ketones is 1. The highest BCUT2D eigenvalue weighted by molar-refractivity contribution is 6.38. The van der Waals surface area contributed by atoms with Crippen molar-refractivity contribution < 1.29 is 38.3 Å². The lowest BCUT2D eigenvalue weighted by molar-refractivity contribution is -0.144. The average Bonchev–Trinajstić information content (AvgIpc) is 3.36. The van der Waals surface area contributed by atoms with Gasteiger partial charge in [0.05, 0.1) is 12.6 Å². The number of nitrogens with one attached hydrogen (secondary N) is 4. The van der Waals surface area contributed by atoms with Crippen LogP contribution in [0.4, 0.5) is 4.79 Å². The molecule has 0 spiro atoms. The molecule has 1 heterocycles. The molecular weight excluding hydrogens is 656 g/mol. The minimum Gasteiger partial charge on any atom is -0.444 e. The molecule has 4 unspecified atom stereocenters. The Morgan fingerprint density at radius 1 is 0.941 bits per heavy atom. The van der Waals surface area contributed by atoms with Gasteiger partial charge in [-0.1, -0.05) is 84.7 Å². The third kappa shape index (κ3) is 13.0. The first-order chi connectivity index (χ1) is 23.5. The Labute approximate surface area is 302 Å². The number of alkyl carbamates (subject to hydrolysis) is 1. The van der Waals surface area contributed by atoms with Crippen molar-refractivity contribution in [3.05, 3.63) is 35.9 Å². The zero-order chi connectivity index (χ0) is 38.9. The first-order valence-corrected chi connectivity index (χ1v) is 17.4. The number of Topliss-reactive ketones (excluding diaryl/α,β-unsaturated/α-hetero) is 1. The summed E-state index contributed by atoms with van der Waals surface area (Å²) in [4.78, 5) is 95.5. The van der Waals surface area contributed by atoms with E-state index < -0.39 is 82.6 Å². The summed E-state index contributed by atoms with van der Waals surface area (Å²) in [5, 5.41) is 10.3. The monoisotopic (exact) mass is 714 g/mol. The number of rotatable bonds is 14. The molecule has 4 N–H and O–H groups in total. The first-order valence-electron chi connectivity index (χ1n) is 17.4. The van der Waals surface area contributed by atoms with Crippen LogP contribution in [0.1, 0.15) is 99.6 Å². The van der Waals surface area contributed by atoms with Crippen LogP contribution < -0.4 is 21.3 Å². The van der Waals surface area contributed by atoms with Crippen molar-refractivity contribution in [1.82, 2.24) is 31.1 Å². The van der Waals surface area contributed by atoms with Gasteiger partial charge in [0.25, 0.3) is 5.91 Å². The number of carbonyl (C=O) groups is 7. The number of carbonyl (C=O) groups excluding carboxylic acids is 7. The van der Waals surface area contributed by atoms with Crippen LogP contribution in [0.3, 0.4) is 0 Å². The second-order valence-corrected chi connectivity index (χ2v) is 16.2. The van der Waals surface area contributed by atoms with Gasteiger partial charge in [0, 0.05) is 20.6 Å². The molecule has 14 heteroatoms. The van der Waals surface area contributed by atoms with E-state index in [9.17, 15) is 33.6 Å². The standard InChI is InChI=1S/C37H58N6O8/c1-12-13-19-24(28(45)31(47)38-21-26(44)40-27(32(48)42(10)11)23-17-15-14-16-18-23)39-30(46)25-20-37(8,9)22-43(25)33(49)29(35(2,3)4)41-34(50)51-36(5,6)7/h14-18,24-25,27,29H,12-13,19-22H2,1-11H3,(H,38,47)(H,39,46)(H,40,44)(H,41,50). The molecule has 1 fully saturated rings. The Kier molecular flexibility index (Phi) is 14.8. The van der Waals surface area contributed by atoms with Crippen molar-refractivity contribution in [2.24, 2.45) is 10.8 Å². The summed E-state index contributed by atoms with van der Waals surface area (Å²) in [6.07, 6.45) is 0.863. The van der Waals surface area contributed by atoms with Crippen LogP contribution in [0.2, 0.25) is 0 Å². The van der Waals surface area contributed by atoms with Crippen molar-refractivity contribution in [3.8, 4) is 0 Å². The molecule has 14 nitrogen and oxygen atoms in total. The minimum absolute atomic E-state index is 0.156. The molecule has 0 aromatic heterocycles. The average molecular weight is 715 g/mol. The lowest BCUT2D eigenvalue weighted by atomic mass is 9.85. The Morgan fingerprint density at radius 3 is 2.08 bits per heavy atom. The summed E-state index contributed by atoms with van der Waals surface area (Å²) < 4.78 is 5.41. The van der Waals surface area contributed by atoms with Gasteiger partial charge in [0.2, 0.25) is 29.4 Å². The van der Waals surface area contributed by atoms with Crippen LogP contribution in [0.15, 0.2) is 30.3 Å². The number of benzene rings is 1. The topological polar surface area (TPSA) is 183 Å². The molecule has 1 aromatic carbocycles. The summed E-state index contributed by atoms with van der Waals surface area (Å²) in [7, 11) is 3.11. The van der Waals surface area contributed by atoms with E-state index in [-0.39, 0.29) is 25.3 Å². The maximum atomic E-state index is 14.1. The van der Waals surface area contributed by atoms with E-state index in [0.717, 1.165) is 0 Å². The molecule has 6 amide bonds. The quantitative estimate of drug-likeness (QED) is 0.212. The Balaban J connectivity index is 2.21. The molecule has 0 saturated carbocycles. The van der Waals surface area contributed by atoms with Crippen molar-refractivity contribution in [3.63, 3.8) is 0 Å². The number of amides is 6. The van der Waals surface area contributed by atoms with Gasteiger partial charge >= 0.3 is 6.09 Å². The molecule has 284 valence electrons. The van der Waals surface area contributed by atoms with Gasteiger partial charge in [-0.2, -0.15) is 0 Å². The van der Waals surface area contributed by atoms with Crippen molar-refractivity contribution >= 4 is 41.4 Å². The molecule has 0 aliphatic carbocycles. The molecule has 1 saturated heterocycles. The highest BCUT2D eigenvalue weighted by Crippen LogP contribution is 2.36. The third-order valence-corrected chi connectivity index (χ3v) is 8.32. The number of likely N-dealkylation sites (N-methyl/N-ethyl adjacent to an activating group) is 1. The lowest BCUT2D eigenvalue weighted by Gasteiger charge is -2.36. The lowest BCUT2D eigenvalue weighted by Crippen LogP contribution is -2.59. The number of unbranched alkanes of at least 4 members (excludes halogenated alkanes) is 1. The predicted molar refractivity (Wildman–Crippen MR) is 192 cm³/mol. The Hall–Kier alpha value is -4.49. The largest absolute Gasteiger partial charge is 0.444 e. The molecule has 0 bridgehead atoms. The number of hydrogen-bond donors (Lipinski definition) is 4. The van der Waals surface area contributed by atoms with Crippen molar-refractivity contribution in [2.45, 2.75) is 118 Å². The normalized spacial score (nSPS) is 17.3. The maximum Gasteiger partial charge on any atom is 0.408 e. The zero-order valence-electron chi connectivity index (χ0n) is 32.1. The summed E-state index contributed by atoms with van der Waals surface area (Å²) in [6, 6.07) is 4.39. The first kappa shape index (κ1) is 42.7. The van der Waals surface area contributed by atoms with E-state index in [1.165, 1.54) is 9.80 Å². The fourth-order valence-electron chi connectivity index (χ4n) is 5.73. The Morgan fingerprint density at radius 2 is 1.55 bits per heavy atom. The number of hydrogen-bond acceptors (Lipinski definition) is 8. The van der Waals surface area contributed by atoms with Crippen molar-refractivity contribution in [2.75, 3.05) is 27.2 Å². The van der Waals surface area contributed by atoms with E-state index >= 15 is 0 Å². The summed E-state index contributed by atoms with van der Waals surface area (Å²) in [6.45, 7) is 15.9. The van der Waals surface area contributed by atoms with Gasteiger partial charge in [-0.15, -0.1) is 0 Å². The van der Waals surface area contributed by atoms with E-state index in [0.29, 0.717) is 18.4 Å². The summed E-state index contributed by atoms with van der Waals surface area (Å²) in [5.74, 6) is -4.16. The zero-order valence-corrected chi connectivity index (χ0v) is 32.1. The molecule has 0 radical (unpaired) electrons. The molecule has 1 aliphatic heterocycles. The number of likely N-dealkylation sites (tertiary alicyclic amines) is 1. The molecule has 2 rings (SSSR count). The molecule has 4 atom stereocenters. The van der Waals surface area contributed by atoms with Crippen LogP contribution in [-0.4, -0.2) is 102 Å². The summed E-state index contributed by atoms with van der Waals surface area (Å²) in [5.41, 5.74) is -1.46. The van der Waals surface area contributed by atoms with Gasteiger partial charge in [-0.05, 0) is 50.0 Å². The van der Waals surface area contributed by atoms with Gasteiger partial charge in [-0.25, -0.2) is 4.79 Å². The van der Waals surface area contributed by atoms with Crippen LogP contribution in [0, 0.1) is 10.8 Å². The van der Waals surface area contributed by atoms with Gasteiger partial charge in [-0.3, -0.25) is 28.8 Å². The van der Waals surface area contributed by atoms with Gasteiger partial charge in [0.1, 0.15) is 23.7 Å². The second kappa shape index (κ2) is 17.6.